The minimum atomic E-state index is -3.58. The molecule has 0 spiro atoms. The van der Waals surface area contributed by atoms with Gasteiger partial charge in [-0.2, -0.15) is 0 Å². The Hall–Kier alpha value is -1.56. The second-order valence-electron chi connectivity index (χ2n) is 4.34. The Morgan fingerprint density at radius 1 is 1.00 bits per heavy atom. The van der Waals surface area contributed by atoms with E-state index < -0.39 is 15.8 Å². The molecular weight excluding hydrogens is 335 g/mol. The summed E-state index contributed by atoms with van der Waals surface area (Å²) in [7, 11) is -3.58. The number of halogens is 2. The van der Waals surface area contributed by atoms with E-state index >= 15 is 0 Å². The molecule has 0 aliphatic carbocycles. The Labute approximate surface area is 131 Å². The molecule has 2 aromatic rings. The fourth-order valence-corrected chi connectivity index (χ4v) is 3.45. The van der Waals surface area contributed by atoms with Gasteiger partial charge in [-0.1, -0.05) is 35.3 Å². The number of benzene rings is 2. The van der Waals surface area contributed by atoms with Crippen molar-refractivity contribution in [1.82, 2.24) is 0 Å². The van der Waals surface area contributed by atoms with Crippen molar-refractivity contribution in [1.29, 1.82) is 0 Å². The molecule has 0 amide bonds. The summed E-state index contributed by atoms with van der Waals surface area (Å²) >= 11 is 11.6. The largest absolute Gasteiger partial charge is 0.478 e. The molecule has 1 N–H and O–H groups in total. The van der Waals surface area contributed by atoms with Crippen LogP contribution in [-0.4, -0.2) is 19.5 Å². The molecule has 7 heteroatoms. The Kier molecular flexibility index (Phi) is 4.56. The Balaban J connectivity index is 2.28. The molecule has 0 bridgehead atoms. The average molecular weight is 345 g/mol. The van der Waals surface area contributed by atoms with E-state index in [9.17, 15) is 13.2 Å². The highest BCUT2D eigenvalue weighted by Crippen LogP contribution is 2.26. The number of carboxylic acids is 1. The molecule has 0 atom stereocenters. The van der Waals surface area contributed by atoms with Gasteiger partial charge in [0.2, 0.25) is 0 Å². The van der Waals surface area contributed by atoms with Crippen molar-refractivity contribution in [2.24, 2.45) is 0 Å². The predicted octanol–water partition coefficient (Wildman–Crippen LogP) is 3.67. The van der Waals surface area contributed by atoms with Gasteiger partial charge in [0.05, 0.1) is 26.3 Å². The molecule has 0 aromatic heterocycles. The highest BCUT2D eigenvalue weighted by molar-refractivity contribution is 7.90. The number of aromatic carboxylic acids is 1. The first-order chi connectivity index (χ1) is 9.79. The second-order valence-corrected chi connectivity index (χ2v) is 7.14. The SMILES string of the molecule is O=C(O)c1ccc(CS(=O)(=O)c2ccc(Cl)c(Cl)c2)cc1. The van der Waals surface area contributed by atoms with Crippen molar-refractivity contribution in [3.8, 4) is 0 Å². The van der Waals surface area contributed by atoms with Gasteiger partial charge in [-0.05, 0) is 35.9 Å². The molecule has 4 nitrogen and oxygen atoms in total. The van der Waals surface area contributed by atoms with Crippen LogP contribution in [0.4, 0.5) is 0 Å². The smallest absolute Gasteiger partial charge is 0.335 e. The molecule has 2 aromatic carbocycles. The second kappa shape index (κ2) is 6.05. The van der Waals surface area contributed by atoms with Crippen LogP contribution in [-0.2, 0) is 15.6 Å². The van der Waals surface area contributed by atoms with E-state index in [4.69, 9.17) is 28.3 Å². The molecule has 0 fully saturated rings. The summed E-state index contributed by atoms with van der Waals surface area (Å²) in [5.74, 6) is -1.31. The number of sulfone groups is 1. The average Bonchev–Trinajstić information content (AvgIpc) is 2.42. The van der Waals surface area contributed by atoms with E-state index in [1.54, 1.807) is 0 Å². The molecule has 0 radical (unpaired) electrons. The summed E-state index contributed by atoms with van der Waals surface area (Å²) in [5, 5.41) is 9.24. The standard InChI is InChI=1S/C14H10Cl2O4S/c15-12-6-5-11(7-13(12)16)21(19,20)8-9-1-3-10(4-2-9)14(17)18/h1-7H,8H2,(H,17,18). The highest BCUT2D eigenvalue weighted by atomic mass is 35.5. The van der Waals surface area contributed by atoms with Crippen LogP contribution < -0.4 is 0 Å². The molecule has 0 aliphatic heterocycles. The first-order valence-electron chi connectivity index (χ1n) is 5.79. The van der Waals surface area contributed by atoms with Crippen molar-refractivity contribution in [2.75, 3.05) is 0 Å². The maximum atomic E-state index is 12.3. The molecular formula is C14H10Cl2O4S. The van der Waals surface area contributed by atoms with E-state index in [1.807, 2.05) is 0 Å². The van der Waals surface area contributed by atoms with E-state index in [-0.39, 0.29) is 26.3 Å². The van der Waals surface area contributed by atoms with E-state index in [2.05, 4.69) is 0 Å². The van der Waals surface area contributed by atoms with Crippen LogP contribution in [0.25, 0.3) is 0 Å². The number of carboxylic acid groups (broad SMARTS) is 1. The fourth-order valence-electron chi connectivity index (χ4n) is 1.72. The minimum absolute atomic E-state index is 0.0687. The molecule has 0 unspecified atom stereocenters. The summed E-state index contributed by atoms with van der Waals surface area (Å²) in [6.07, 6.45) is 0. The Morgan fingerprint density at radius 3 is 2.14 bits per heavy atom. The molecule has 0 aliphatic rings. The van der Waals surface area contributed by atoms with Crippen molar-refractivity contribution in [2.45, 2.75) is 10.6 Å². The van der Waals surface area contributed by atoms with Crippen LogP contribution >= 0.6 is 23.2 Å². The van der Waals surface area contributed by atoms with Gasteiger partial charge < -0.3 is 5.11 Å². The summed E-state index contributed by atoms with van der Waals surface area (Å²) in [4.78, 5) is 10.8. The zero-order valence-electron chi connectivity index (χ0n) is 10.6. The first kappa shape index (κ1) is 15.8. The topological polar surface area (TPSA) is 71.4 Å². The summed E-state index contributed by atoms with van der Waals surface area (Å²) in [6, 6.07) is 9.77. The molecule has 2 rings (SSSR count). The van der Waals surface area contributed by atoms with Crippen molar-refractivity contribution >= 4 is 39.0 Å². The minimum Gasteiger partial charge on any atom is -0.478 e. The van der Waals surface area contributed by atoms with Gasteiger partial charge >= 0.3 is 5.97 Å². The highest BCUT2D eigenvalue weighted by Gasteiger charge is 2.17. The molecule has 0 saturated heterocycles. The Morgan fingerprint density at radius 2 is 1.62 bits per heavy atom. The van der Waals surface area contributed by atoms with Crippen LogP contribution in [0.5, 0.6) is 0 Å². The Bertz CT molecular complexity index is 783. The molecule has 21 heavy (non-hydrogen) atoms. The summed E-state index contributed by atoms with van der Waals surface area (Å²) in [5.41, 5.74) is 0.594. The third kappa shape index (κ3) is 3.75. The van der Waals surface area contributed by atoms with E-state index in [0.29, 0.717) is 5.56 Å². The lowest BCUT2D eigenvalue weighted by molar-refractivity contribution is 0.0697. The number of rotatable bonds is 4. The quantitative estimate of drug-likeness (QED) is 0.918. The molecule has 0 heterocycles. The van der Waals surface area contributed by atoms with Crippen LogP contribution in [0.3, 0.4) is 0 Å². The third-order valence-corrected chi connectivity index (χ3v) is 5.23. The van der Waals surface area contributed by atoms with E-state index in [1.165, 1.54) is 42.5 Å². The van der Waals surface area contributed by atoms with Gasteiger partial charge in [0.15, 0.2) is 9.84 Å². The molecule has 110 valence electrons. The number of hydrogen-bond acceptors (Lipinski definition) is 3. The lowest BCUT2D eigenvalue weighted by Gasteiger charge is -2.06. The summed E-state index contributed by atoms with van der Waals surface area (Å²) in [6.45, 7) is 0. The maximum absolute atomic E-state index is 12.3. The van der Waals surface area contributed by atoms with Gasteiger partial charge in [-0.25, -0.2) is 13.2 Å². The predicted molar refractivity (Wildman–Crippen MR) is 80.8 cm³/mol. The first-order valence-corrected chi connectivity index (χ1v) is 8.20. The fraction of sp³-hybridized carbons (Fsp3) is 0.0714. The number of hydrogen-bond donors (Lipinski definition) is 1. The van der Waals surface area contributed by atoms with E-state index in [0.717, 1.165) is 0 Å². The van der Waals surface area contributed by atoms with Crippen molar-refractivity contribution in [3.63, 3.8) is 0 Å². The monoisotopic (exact) mass is 344 g/mol. The van der Waals surface area contributed by atoms with Crippen LogP contribution in [0.2, 0.25) is 10.0 Å². The van der Waals surface area contributed by atoms with Crippen LogP contribution in [0.15, 0.2) is 47.4 Å². The van der Waals surface area contributed by atoms with Crippen molar-refractivity contribution < 1.29 is 18.3 Å². The third-order valence-electron chi connectivity index (χ3n) is 2.81. The van der Waals surface area contributed by atoms with Crippen molar-refractivity contribution in [3.05, 3.63) is 63.6 Å². The van der Waals surface area contributed by atoms with Gasteiger partial charge in [0.25, 0.3) is 0 Å². The normalized spacial score (nSPS) is 11.3. The van der Waals surface area contributed by atoms with Crippen LogP contribution in [0.1, 0.15) is 15.9 Å². The van der Waals surface area contributed by atoms with Gasteiger partial charge in [0, 0.05) is 0 Å². The maximum Gasteiger partial charge on any atom is 0.335 e. The lowest BCUT2D eigenvalue weighted by atomic mass is 10.1. The van der Waals surface area contributed by atoms with Crippen LogP contribution in [0, 0.1) is 0 Å². The zero-order chi connectivity index (χ0) is 15.6. The van der Waals surface area contributed by atoms with Gasteiger partial charge in [0.1, 0.15) is 0 Å². The zero-order valence-corrected chi connectivity index (χ0v) is 12.9. The lowest BCUT2D eigenvalue weighted by Crippen LogP contribution is -2.05. The van der Waals surface area contributed by atoms with Gasteiger partial charge in [-0.3, -0.25) is 0 Å². The summed E-state index contributed by atoms with van der Waals surface area (Å²) < 4.78 is 24.5. The van der Waals surface area contributed by atoms with Gasteiger partial charge in [-0.15, -0.1) is 0 Å². The number of carbonyl (C=O) groups is 1. The molecule has 0 saturated carbocycles.